The van der Waals surface area contributed by atoms with Gasteiger partial charge in [0.25, 0.3) is 5.91 Å². The van der Waals surface area contributed by atoms with Gasteiger partial charge in [0.2, 0.25) is 5.78 Å². The summed E-state index contributed by atoms with van der Waals surface area (Å²) < 4.78 is 0. The molecule has 8 nitrogen and oxygen atoms in total. The number of nitrogens with two attached hydrogens (primary N) is 1. The first-order valence-corrected chi connectivity index (χ1v) is 12.3. The van der Waals surface area contributed by atoms with Gasteiger partial charge in [-0.25, -0.2) is 15.0 Å². The minimum Gasteiger partial charge on any atom is -0.352 e. The Morgan fingerprint density at radius 1 is 1.24 bits per heavy atom. The fraction of sp³-hybridized carbons (Fsp3) is 0.435. The number of H-pyrrole nitrogens is 1. The van der Waals surface area contributed by atoms with Crippen LogP contribution >= 0.6 is 35.3 Å². The van der Waals surface area contributed by atoms with Crippen LogP contribution in [0.15, 0.2) is 24.3 Å². The molecule has 0 spiro atoms. The second-order valence-corrected chi connectivity index (χ2v) is 10.6. The SMILES string of the molecule is CN1Cc2nc(C(=O)NC3CCCCC3(N)C(=O)c3cc4cc(Cl)ccc4[nH]3)sc2CN1C.Cl. The summed E-state index contributed by atoms with van der Waals surface area (Å²) in [6, 6.07) is 6.75. The number of thiazole rings is 1. The van der Waals surface area contributed by atoms with Crippen molar-refractivity contribution < 1.29 is 9.59 Å². The summed E-state index contributed by atoms with van der Waals surface area (Å²) in [6.45, 7) is 1.40. The number of hydrazine groups is 1. The van der Waals surface area contributed by atoms with Crippen LogP contribution in [0.1, 0.15) is 56.5 Å². The van der Waals surface area contributed by atoms with Crippen molar-refractivity contribution in [1.29, 1.82) is 0 Å². The third-order valence-electron chi connectivity index (χ3n) is 6.82. The Hall–Kier alpha value is -2.01. The summed E-state index contributed by atoms with van der Waals surface area (Å²) >= 11 is 7.51. The molecule has 2 aromatic heterocycles. The van der Waals surface area contributed by atoms with Crippen molar-refractivity contribution in [3.05, 3.63) is 50.6 Å². The van der Waals surface area contributed by atoms with E-state index in [0.717, 1.165) is 40.9 Å². The summed E-state index contributed by atoms with van der Waals surface area (Å²) in [5.74, 6) is -0.459. The zero-order chi connectivity index (χ0) is 23.3. The van der Waals surface area contributed by atoms with Crippen LogP contribution in [0.2, 0.25) is 5.02 Å². The number of benzene rings is 1. The molecular weight excluding hydrogens is 495 g/mol. The van der Waals surface area contributed by atoms with Gasteiger partial charge in [0.1, 0.15) is 5.54 Å². The summed E-state index contributed by atoms with van der Waals surface area (Å²) in [5.41, 5.74) is 7.76. The molecule has 2 atom stereocenters. The monoisotopic (exact) mass is 522 g/mol. The first kappa shape index (κ1) is 25.1. The van der Waals surface area contributed by atoms with Gasteiger partial charge >= 0.3 is 0 Å². The standard InChI is InChI=1S/C23H27ClN6O2S.ClH/c1-29-11-17-18(12-30(29)2)33-22(27-17)21(32)28-19-5-3-4-8-23(19,25)20(31)16-10-13-9-14(24)6-7-15(13)26-16;/h6-7,9-10,19,26H,3-5,8,11-12,25H2,1-2H3,(H,28,32);1H. The first-order chi connectivity index (χ1) is 15.7. The highest BCUT2D eigenvalue weighted by molar-refractivity contribution is 7.13. The number of aromatic amines is 1. The van der Waals surface area contributed by atoms with E-state index in [1.165, 1.54) is 11.3 Å². The Morgan fingerprint density at radius 3 is 2.79 bits per heavy atom. The quantitative estimate of drug-likeness (QED) is 0.450. The number of rotatable bonds is 4. The van der Waals surface area contributed by atoms with Gasteiger partial charge in [-0.1, -0.05) is 24.4 Å². The summed E-state index contributed by atoms with van der Waals surface area (Å²) in [5, 5.41) is 9.10. The van der Waals surface area contributed by atoms with E-state index in [-0.39, 0.29) is 24.1 Å². The molecule has 5 rings (SSSR count). The number of Topliss-reactive ketones (excluding diaryl/α,β-unsaturated/α-hetero) is 1. The van der Waals surface area contributed by atoms with Gasteiger partial charge in [0.05, 0.1) is 24.0 Å². The zero-order valence-corrected chi connectivity index (χ0v) is 21.4. The topological polar surface area (TPSA) is 107 Å². The van der Waals surface area contributed by atoms with E-state index in [1.54, 1.807) is 12.1 Å². The number of fused-ring (bicyclic) bond motifs is 2. The van der Waals surface area contributed by atoms with Crippen molar-refractivity contribution in [2.45, 2.75) is 50.4 Å². The van der Waals surface area contributed by atoms with Crippen molar-refractivity contribution in [3.63, 3.8) is 0 Å². The predicted molar refractivity (Wildman–Crippen MR) is 137 cm³/mol. The van der Waals surface area contributed by atoms with Crippen LogP contribution < -0.4 is 11.1 Å². The minimum atomic E-state index is -1.18. The van der Waals surface area contributed by atoms with Gasteiger partial charge in [-0.15, -0.1) is 23.7 Å². The molecule has 3 heterocycles. The molecule has 1 aliphatic heterocycles. The van der Waals surface area contributed by atoms with Crippen molar-refractivity contribution in [2.75, 3.05) is 14.1 Å². The maximum absolute atomic E-state index is 13.6. The lowest BCUT2D eigenvalue weighted by molar-refractivity contribution is -0.00171. The third kappa shape index (κ3) is 4.48. The molecule has 1 saturated carbocycles. The predicted octanol–water partition coefficient (Wildman–Crippen LogP) is 3.74. The summed E-state index contributed by atoms with van der Waals surface area (Å²) in [7, 11) is 4.01. The summed E-state index contributed by atoms with van der Waals surface area (Å²) in [4.78, 5) is 35.6. The molecule has 2 unspecified atom stereocenters. The van der Waals surface area contributed by atoms with Gasteiger partial charge in [-0.3, -0.25) is 9.59 Å². The highest BCUT2D eigenvalue weighted by Gasteiger charge is 2.45. The molecule has 1 aromatic carbocycles. The average molecular weight is 523 g/mol. The maximum atomic E-state index is 13.6. The molecule has 3 aromatic rings. The first-order valence-electron chi connectivity index (χ1n) is 11.1. The number of nitrogens with one attached hydrogen (secondary N) is 2. The molecular formula is C23H28Cl2N6O2S. The van der Waals surface area contributed by atoms with Crippen molar-refractivity contribution in [3.8, 4) is 0 Å². The Morgan fingerprint density at radius 2 is 2.00 bits per heavy atom. The van der Waals surface area contributed by atoms with E-state index in [9.17, 15) is 9.59 Å². The molecule has 1 fully saturated rings. The Balaban J connectivity index is 0.00000274. The van der Waals surface area contributed by atoms with Gasteiger partial charge in [0.15, 0.2) is 5.01 Å². The van der Waals surface area contributed by atoms with Gasteiger partial charge in [0, 0.05) is 41.4 Å². The van der Waals surface area contributed by atoms with Crippen LogP contribution in [0.25, 0.3) is 10.9 Å². The second-order valence-electron chi connectivity index (χ2n) is 9.08. The average Bonchev–Trinajstić information content (AvgIpc) is 3.38. The molecule has 0 saturated heterocycles. The number of amides is 1. The minimum absolute atomic E-state index is 0. The fourth-order valence-corrected chi connectivity index (χ4v) is 5.96. The van der Waals surface area contributed by atoms with Gasteiger partial charge in [-0.05, 0) is 37.1 Å². The molecule has 34 heavy (non-hydrogen) atoms. The Bertz CT molecular complexity index is 1220. The van der Waals surface area contributed by atoms with E-state index in [1.807, 2.05) is 26.2 Å². The maximum Gasteiger partial charge on any atom is 0.280 e. The number of hydrogen-bond donors (Lipinski definition) is 3. The summed E-state index contributed by atoms with van der Waals surface area (Å²) in [6.07, 6.45) is 2.90. The lowest BCUT2D eigenvalue weighted by Gasteiger charge is -2.39. The van der Waals surface area contributed by atoms with E-state index in [2.05, 4.69) is 25.3 Å². The number of aromatic nitrogens is 2. The highest BCUT2D eigenvalue weighted by Crippen LogP contribution is 2.32. The van der Waals surface area contributed by atoms with Crippen LogP contribution in [0, 0.1) is 0 Å². The zero-order valence-electron chi connectivity index (χ0n) is 19.1. The molecule has 0 radical (unpaired) electrons. The number of halogens is 2. The van der Waals surface area contributed by atoms with Crippen molar-refractivity contribution in [2.24, 2.45) is 5.73 Å². The van der Waals surface area contributed by atoms with E-state index >= 15 is 0 Å². The van der Waals surface area contributed by atoms with E-state index in [0.29, 0.717) is 35.1 Å². The van der Waals surface area contributed by atoms with Crippen LogP contribution in [0.3, 0.4) is 0 Å². The molecule has 0 bridgehead atoms. The number of nitrogens with zero attached hydrogens (tertiary/aromatic N) is 3. The van der Waals surface area contributed by atoms with E-state index < -0.39 is 11.6 Å². The molecule has 4 N–H and O–H groups in total. The normalized spacial score (nSPS) is 23.4. The number of hydrogen-bond acceptors (Lipinski definition) is 7. The van der Waals surface area contributed by atoms with Crippen LogP contribution in [-0.4, -0.2) is 57.4 Å². The van der Waals surface area contributed by atoms with Crippen LogP contribution in [-0.2, 0) is 13.1 Å². The number of carbonyl (C=O) groups is 2. The van der Waals surface area contributed by atoms with Crippen molar-refractivity contribution in [1.82, 2.24) is 25.3 Å². The Labute approximate surface area is 213 Å². The number of carbonyl (C=O) groups excluding carboxylic acids is 2. The van der Waals surface area contributed by atoms with Gasteiger partial charge in [-0.2, -0.15) is 0 Å². The molecule has 1 aliphatic carbocycles. The third-order valence-corrected chi connectivity index (χ3v) is 8.13. The molecule has 2 aliphatic rings. The lowest BCUT2D eigenvalue weighted by Crippen LogP contribution is -2.64. The van der Waals surface area contributed by atoms with Crippen LogP contribution in [0.5, 0.6) is 0 Å². The second kappa shape index (κ2) is 9.56. The van der Waals surface area contributed by atoms with Crippen molar-refractivity contribution >= 4 is 57.9 Å². The molecule has 182 valence electrons. The molecule has 11 heteroatoms. The highest BCUT2D eigenvalue weighted by atomic mass is 35.5. The fourth-order valence-electron chi connectivity index (χ4n) is 4.76. The number of ketones is 1. The van der Waals surface area contributed by atoms with Gasteiger partial charge < -0.3 is 16.0 Å². The lowest BCUT2D eigenvalue weighted by atomic mass is 9.74. The molecule has 1 amide bonds. The smallest absolute Gasteiger partial charge is 0.280 e. The largest absolute Gasteiger partial charge is 0.352 e. The van der Waals surface area contributed by atoms with Crippen LogP contribution in [0.4, 0.5) is 0 Å². The van der Waals surface area contributed by atoms with E-state index in [4.69, 9.17) is 17.3 Å². The Kier molecular flexibility index (Phi) is 7.06.